The molecule has 0 radical (unpaired) electrons. The number of hydrogen-bond donors (Lipinski definition) is 3. The van der Waals surface area contributed by atoms with Crippen molar-refractivity contribution in [3.05, 3.63) is 40.6 Å². The molecule has 36 heavy (non-hydrogen) atoms. The number of nitrogens with one attached hydrogen (secondary N) is 3. The first-order valence-electron chi connectivity index (χ1n) is 11.7. The van der Waals surface area contributed by atoms with Crippen LogP contribution in [0.3, 0.4) is 0 Å². The summed E-state index contributed by atoms with van der Waals surface area (Å²) >= 11 is 6.13. The molecule has 3 fully saturated rings. The summed E-state index contributed by atoms with van der Waals surface area (Å²) in [5.41, 5.74) is 2.40. The smallest absolute Gasteiger partial charge is 0.416 e. The Morgan fingerprint density at radius 2 is 1.78 bits per heavy atom. The molecular formula is C23H28ClF3N6O3. The topological polar surface area (TPSA) is 89.2 Å². The Morgan fingerprint density at radius 1 is 1.11 bits per heavy atom. The molecule has 4 atom stereocenters. The van der Waals surface area contributed by atoms with Gasteiger partial charge in [-0.2, -0.15) is 13.2 Å². The molecule has 3 saturated heterocycles. The quantitative estimate of drug-likeness (QED) is 0.544. The summed E-state index contributed by atoms with van der Waals surface area (Å²) < 4.78 is 44.4. The van der Waals surface area contributed by atoms with Gasteiger partial charge in [0.1, 0.15) is 18.1 Å². The number of benzene rings is 1. The third-order valence-corrected chi connectivity index (χ3v) is 7.07. The number of hydrogen-bond acceptors (Lipinski definition) is 7. The lowest BCUT2D eigenvalue weighted by molar-refractivity contribution is -0.137. The molecule has 4 heterocycles. The zero-order valence-corrected chi connectivity index (χ0v) is 20.8. The molecule has 4 aliphatic heterocycles. The van der Waals surface area contributed by atoms with E-state index >= 15 is 0 Å². The minimum absolute atomic E-state index is 0.0910. The van der Waals surface area contributed by atoms with Gasteiger partial charge in [0.2, 0.25) is 0 Å². The first kappa shape index (κ1) is 25.1. The molecular weight excluding hydrogens is 501 g/mol. The molecule has 0 spiro atoms. The van der Waals surface area contributed by atoms with E-state index < -0.39 is 29.8 Å². The number of amides is 2. The molecule has 4 aliphatic rings. The van der Waals surface area contributed by atoms with Gasteiger partial charge in [0.15, 0.2) is 0 Å². The van der Waals surface area contributed by atoms with Crippen LogP contribution in [0.1, 0.15) is 26.3 Å². The minimum Gasteiger partial charge on any atom is -0.444 e. The molecule has 13 heteroatoms. The van der Waals surface area contributed by atoms with Crippen LogP contribution in [0.5, 0.6) is 0 Å². The van der Waals surface area contributed by atoms with Crippen LogP contribution in [0.15, 0.2) is 30.0 Å². The first-order chi connectivity index (χ1) is 16.8. The highest BCUT2D eigenvalue weighted by Crippen LogP contribution is 2.37. The average molecular weight is 529 g/mol. The number of anilines is 1. The molecule has 1 aromatic rings. The summed E-state index contributed by atoms with van der Waals surface area (Å²) in [6.45, 7) is 8.12. The summed E-state index contributed by atoms with van der Waals surface area (Å²) in [6.07, 6.45) is -4.26. The van der Waals surface area contributed by atoms with Crippen LogP contribution in [0.4, 0.5) is 23.7 Å². The number of halogens is 4. The molecule has 1 aromatic carbocycles. The van der Waals surface area contributed by atoms with Crippen LogP contribution in [-0.2, 0) is 15.7 Å². The Kier molecular flexibility index (Phi) is 6.13. The van der Waals surface area contributed by atoms with E-state index in [1.165, 1.54) is 17.3 Å². The van der Waals surface area contributed by atoms with E-state index in [2.05, 4.69) is 21.0 Å². The van der Waals surface area contributed by atoms with Crippen LogP contribution in [0.25, 0.3) is 0 Å². The van der Waals surface area contributed by atoms with Crippen molar-refractivity contribution in [3.8, 4) is 0 Å². The van der Waals surface area contributed by atoms with Crippen LogP contribution in [0.2, 0.25) is 5.02 Å². The highest BCUT2D eigenvalue weighted by atomic mass is 35.5. The van der Waals surface area contributed by atoms with Crippen LogP contribution >= 0.6 is 11.6 Å². The van der Waals surface area contributed by atoms with Gasteiger partial charge >= 0.3 is 12.3 Å². The van der Waals surface area contributed by atoms with E-state index in [1.54, 1.807) is 4.90 Å². The maximum Gasteiger partial charge on any atom is 0.416 e. The van der Waals surface area contributed by atoms with Gasteiger partial charge in [0.05, 0.1) is 21.8 Å². The van der Waals surface area contributed by atoms with Gasteiger partial charge in [-0.05, 0) is 50.8 Å². The second kappa shape index (κ2) is 8.79. The van der Waals surface area contributed by atoms with E-state index in [4.69, 9.17) is 16.3 Å². The summed E-state index contributed by atoms with van der Waals surface area (Å²) in [5.74, 6) is 0.258. The van der Waals surface area contributed by atoms with Crippen molar-refractivity contribution in [1.82, 2.24) is 25.9 Å². The number of ether oxygens (including phenoxy) is 1. The number of rotatable bonds is 2. The standard InChI is InChI=1S/C23H28ClF3N6O3/c1-22(2,3)36-21(35)32-9-12-7-31(8-13(12)10-32)20-28-18-15(19(34)29-20)11-33(30-18)17-5-4-14(6-16(17)24)23(25,26)27/h4-6,11-13,18,20,28,30H,7-10H2,1-3H3,(H,29,34). The largest absolute Gasteiger partial charge is 0.444 e. The predicted molar refractivity (Wildman–Crippen MR) is 125 cm³/mol. The Bertz CT molecular complexity index is 1090. The molecule has 0 bridgehead atoms. The van der Waals surface area contributed by atoms with Crippen molar-refractivity contribution >= 4 is 29.3 Å². The first-order valence-corrected chi connectivity index (χ1v) is 12.1. The Labute approximate surface area is 211 Å². The van der Waals surface area contributed by atoms with Gasteiger partial charge in [-0.3, -0.25) is 20.0 Å². The number of carbonyl (C=O) groups is 2. The number of carbonyl (C=O) groups excluding carboxylic acids is 2. The van der Waals surface area contributed by atoms with Gasteiger partial charge in [-0.1, -0.05) is 11.6 Å². The Hall–Kier alpha value is -2.54. The highest BCUT2D eigenvalue weighted by Gasteiger charge is 2.47. The number of alkyl halides is 3. The molecule has 0 aromatic heterocycles. The lowest BCUT2D eigenvalue weighted by Gasteiger charge is -2.37. The third-order valence-electron chi connectivity index (χ3n) is 6.77. The summed E-state index contributed by atoms with van der Waals surface area (Å²) in [6, 6.07) is 3.07. The Morgan fingerprint density at radius 3 is 2.36 bits per heavy atom. The molecule has 2 amide bonds. The summed E-state index contributed by atoms with van der Waals surface area (Å²) in [4.78, 5) is 29.1. The fraction of sp³-hybridized carbons (Fsp3) is 0.565. The van der Waals surface area contributed by atoms with Crippen LogP contribution in [0, 0.1) is 11.8 Å². The monoisotopic (exact) mass is 528 g/mol. The number of nitrogens with zero attached hydrogens (tertiary/aromatic N) is 3. The van der Waals surface area contributed by atoms with Crippen LogP contribution in [-0.4, -0.2) is 66.0 Å². The van der Waals surface area contributed by atoms with E-state index in [-0.39, 0.29) is 28.9 Å². The van der Waals surface area contributed by atoms with Crippen molar-refractivity contribution in [2.75, 3.05) is 31.2 Å². The van der Waals surface area contributed by atoms with Crippen LogP contribution < -0.4 is 21.1 Å². The minimum atomic E-state index is -4.50. The molecule has 5 rings (SSSR count). The third kappa shape index (κ3) is 4.86. The van der Waals surface area contributed by atoms with Gasteiger partial charge in [-0.15, -0.1) is 0 Å². The number of hydrazine groups is 1. The normalized spacial score (nSPS) is 28.6. The number of likely N-dealkylation sites (tertiary alicyclic amines) is 2. The predicted octanol–water partition coefficient (Wildman–Crippen LogP) is 2.70. The highest BCUT2D eigenvalue weighted by molar-refractivity contribution is 6.33. The lowest BCUT2D eigenvalue weighted by atomic mass is 10.0. The van der Waals surface area contributed by atoms with E-state index in [1.807, 2.05) is 20.8 Å². The number of fused-ring (bicyclic) bond motifs is 2. The SMILES string of the molecule is CC(C)(C)OC(=O)N1CC2CN(C3NC(=O)C4=CN(c5ccc(C(F)(F)F)cc5Cl)NC4N3)CC2C1. The van der Waals surface area contributed by atoms with Gasteiger partial charge in [-0.25, -0.2) is 10.2 Å². The molecule has 0 saturated carbocycles. The molecule has 3 N–H and O–H groups in total. The van der Waals surface area contributed by atoms with Gasteiger partial charge in [0, 0.05) is 32.4 Å². The second-order valence-corrected chi connectivity index (χ2v) is 11.0. The zero-order valence-electron chi connectivity index (χ0n) is 20.0. The van der Waals surface area contributed by atoms with E-state index in [0.29, 0.717) is 37.4 Å². The molecule has 4 unspecified atom stereocenters. The van der Waals surface area contributed by atoms with E-state index in [9.17, 15) is 22.8 Å². The van der Waals surface area contributed by atoms with Crippen molar-refractivity contribution in [2.45, 2.75) is 45.0 Å². The maximum absolute atomic E-state index is 13.0. The Balaban J connectivity index is 1.21. The van der Waals surface area contributed by atoms with Gasteiger partial charge in [0.25, 0.3) is 5.91 Å². The summed E-state index contributed by atoms with van der Waals surface area (Å²) in [7, 11) is 0. The molecule has 0 aliphatic carbocycles. The molecule has 9 nitrogen and oxygen atoms in total. The fourth-order valence-electron chi connectivity index (χ4n) is 5.11. The summed E-state index contributed by atoms with van der Waals surface area (Å²) in [5, 5.41) is 7.66. The van der Waals surface area contributed by atoms with Crippen molar-refractivity contribution < 1.29 is 27.5 Å². The molecule has 196 valence electrons. The van der Waals surface area contributed by atoms with Crippen molar-refractivity contribution in [1.29, 1.82) is 0 Å². The average Bonchev–Trinajstić information content (AvgIpc) is 3.44. The van der Waals surface area contributed by atoms with Gasteiger partial charge < -0.3 is 15.0 Å². The van der Waals surface area contributed by atoms with Crippen molar-refractivity contribution in [3.63, 3.8) is 0 Å². The fourth-order valence-corrected chi connectivity index (χ4v) is 5.39. The maximum atomic E-state index is 13.0. The second-order valence-electron chi connectivity index (χ2n) is 10.6. The van der Waals surface area contributed by atoms with E-state index in [0.717, 1.165) is 12.1 Å². The zero-order chi connectivity index (χ0) is 26.0. The van der Waals surface area contributed by atoms with Crippen molar-refractivity contribution in [2.24, 2.45) is 11.8 Å². The lowest BCUT2D eigenvalue weighted by Crippen LogP contribution is -2.67.